The Kier molecular flexibility index (Phi) is 3.80. The Morgan fingerprint density at radius 2 is 2.19 bits per heavy atom. The molecular formula is C15H20N4OS. The Bertz CT molecular complexity index is 660. The van der Waals surface area contributed by atoms with Gasteiger partial charge in [0.1, 0.15) is 4.88 Å². The highest BCUT2D eigenvalue weighted by Gasteiger charge is 2.27. The monoisotopic (exact) mass is 304 g/mol. The molecule has 21 heavy (non-hydrogen) atoms. The van der Waals surface area contributed by atoms with Crippen molar-refractivity contribution in [3.8, 4) is 0 Å². The van der Waals surface area contributed by atoms with E-state index in [9.17, 15) is 4.79 Å². The second kappa shape index (κ2) is 5.60. The molecule has 2 aromatic heterocycles. The minimum absolute atomic E-state index is 0.117. The largest absolute Gasteiger partial charge is 0.336 e. The lowest BCUT2D eigenvalue weighted by atomic mass is 10.1. The highest BCUT2D eigenvalue weighted by atomic mass is 32.1. The summed E-state index contributed by atoms with van der Waals surface area (Å²) in [5.41, 5.74) is 2.01. The SMILES string of the molecule is Cc1cnn([C@H]2CCCN(C(=O)c3sc(C)nc3C)C2)c1. The topological polar surface area (TPSA) is 51.0 Å². The Hall–Kier alpha value is -1.69. The molecule has 6 heteroatoms. The number of carbonyl (C=O) groups is 1. The van der Waals surface area contributed by atoms with Crippen molar-refractivity contribution in [1.82, 2.24) is 19.7 Å². The molecule has 3 rings (SSSR count). The van der Waals surface area contributed by atoms with Gasteiger partial charge in [0.25, 0.3) is 5.91 Å². The van der Waals surface area contributed by atoms with Gasteiger partial charge in [-0.2, -0.15) is 5.10 Å². The lowest BCUT2D eigenvalue weighted by Gasteiger charge is -2.32. The van der Waals surface area contributed by atoms with Crippen LogP contribution in [0.3, 0.4) is 0 Å². The van der Waals surface area contributed by atoms with Crippen LogP contribution >= 0.6 is 11.3 Å². The van der Waals surface area contributed by atoms with Crippen LogP contribution in [0, 0.1) is 20.8 Å². The molecule has 1 saturated heterocycles. The molecule has 0 saturated carbocycles. The zero-order valence-electron chi connectivity index (χ0n) is 12.7. The van der Waals surface area contributed by atoms with Gasteiger partial charge in [-0.1, -0.05) is 0 Å². The van der Waals surface area contributed by atoms with Gasteiger partial charge in [0.05, 0.1) is 22.9 Å². The zero-order chi connectivity index (χ0) is 15.0. The van der Waals surface area contributed by atoms with Crippen LogP contribution in [0.25, 0.3) is 0 Å². The molecule has 0 N–H and O–H groups in total. The molecule has 0 radical (unpaired) electrons. The van der Waals surface area contributed by atoms with Crippen molar-refractivity contribution in [2.45, 2.75) is 39.7 Å². The third kappa shape index (κ3) is 2.85. The van der Waals surface area contributed by atoms with Crippen LogP contribution in [-0.2, 0) is 0 Å². The van der Waals surface area contributed by atoms with E-state index in [0.717, 1.165) is 47.1 Å². The average molecular weight is 304 g/mol. The molecule has 0 aliphatic carbocycles. The fourth-order valence-electron chi connectivity index (χ4n) is 2.86. The Morgan fingerprint density at radius 3 is 2.81 bits per heavy atom. The molecule has 1 fully saturated rings. The maximum atomic E-state index is 12.7. The number of hydrogen-bond acceptors (Lipinski definition) is 4. The predicted molar refractivity (Wildman–Crippen MR) is 82.7 cm³/mol. The minimum Gasteiger partial charge on any atom is -0.336 e. The lowest BCUT2D eigenvalue weighted by Crippen LogP contribution is -2.40. The molecular weight excluding hydrogens is 284 g/mol. The van der Waals surface area contributed by atoms with Crippen molar-refractivity contribution >= 4 is 17.2 Å². The summed E-state index contributed by atoms with van der Waals surface area (Å²) in [5.74, 6) is 0.117. The number of likely N-dealkylation sites (tertiary alicyclic amines) is 1. The number of piperidine rings is 1. The molecule has 112 valence electrons. The third-order valence-corrected chi connectivity index (χ3v) is 4.95. The number of aryl methyl sites for hydroxylation is 3. The number of aromatic nitrogens is 3. The molecule has 1 aliphatic rings. The van der Waals surface area contributed by atoms with Gasteiger partial charge in [0, 0.05) is 19.3 Å². The first-order chi connectivity index (χ1) is 10.0. The molecule has 0 unspecified atom stereocenters. The van der Waals surface area contributed by atoms with Crippen LogP contribution in [-0.4, -0.2) is 38.7 Å². The number of amides is 1. The van der Waals surface area contributed by atoms with E-state index in [1.165, 1.54) is 11.3 Å². The van der Waals surface area contributed by atoms with Gasteiger partial charge in [0.15, 0.2) is 0 Å². The van der Waals surface area contributed by atoms with E-state index in [2.05, 4.69) is 16.3 Å². The van der Waals surface area contributed by atoms with Crippen LogP contribution < -0.4 is 0 Å². The van der Waals surface area contributed by atoms with E-state index in [0.29, 0.717) is 0 Å². The van der Waals surface area contributed by atoms with E-state index >= 15 is 0 Å². The number of rotatable bonds is 2. The first-order valence-electron chi connectivity index (χ1n) is 7.28. The highest BCUT2D eigenvalue weighted by molar-refractivity contribution is 7.13. The predicted octanol–water partition coefficient (Wildman–Crippen LogP) is 2.74. The minimum atomic E-state index is 0.117. The number of nitrogens with zero attached hydrogens (tertiary/aromatic N) is 4. The summed E-state index contributed by atoms with van der Waals surface area (Å²) in [6, 6.07) is 0.283. The standard InChI is InChI=1S/C15H20N4OS/c1-10-7-16-19(8-10)13-5-4-6-18(9-13)15(20)14-11(2)17-12(3)21-14/h7-8,13H,4-6,9H2,1-3H3/t13-/m0/s1. The molecule has 3 heterocycles. The summed E-state index contributed by atoms with van der Waals surface area (Å²) in [6.07, 6.45) is 6.02. The fraction of sp³-hybridized carbons (Fsp3) is 0.533. The van der Waals surface area contributed by atoms with Crippen LogP contribution in [0.5, 0.6) is 0 Å². The maximum absolute atomic E-state index is 12.7. The highest BCUT2D eigenvalue weighted by Crippen LogP contribution is 2.25. The Labute approximate surface area is 128 Å². The number of thiazole rings is 1. The summed E-state index contributed by atoms with van der Waals surface area (Å²) < 4.78 is 2.00. The second-order valence-electron chi connectivity index (χ2n) is 5.69. The second-order valence-corrected chi connectivity index (χ2v) is 6.90. The number of hydrogen-bond donors (Lipinski definition) is 0. The van der Waals surface area contributed by atoms with E-state index in [4.69, 9.17) is 0 Å². The zero-order valence-corrected chi connectivity index (χ0v) is 13.5. The van der Waals surface area contributed by atoms with Gasteiger partial charge in [-0.15, -0.1) is 11.3 Å². The fourth-order valence-corrected chi connectivity index (χ4v) is 3.75. The molecule has 2 aromatic rings. The quantitative estimate of drug-likeness (QED) is 0.857. The molecule has 5 nitrogen and oxygen atoms in total. The first-order valence-corrected chi connectivity index (χ1v) is 8.10. The Balaban J connectivity index is 1.77. The maximum Gasteiger partial charge on any atom is 0.265 e. The van der Waals surface area contributed by atoms with Crippen LogP contribution in [0.15, 0.2) is 12.4 Å². The summed E-state index contributed by atoms with van der Waals surface area (Å²) >= 11 is 1.49. The average Bonchev–Trinajstić information content (AvgIpc) is 3.04. The summed E-state index contributed by atoms with van der Waals surface area (Å²) in [7, 11) is 0. The molecule has 1 aliphatic heterocycles. The van der Waals surface area contributed by atoms with Crippen LogP contribution in [0.1, 0.15) is 44.8 Å². The van der Waals surface area contributed by atoms with E-state index in [1.54, 1.807) is 0 Å². The van der Waals surface area contributed by atoms with Gasteiger partial charge in [-0.25, -0.2) is 4.98 Å². The molecule has 0 aromatic carbocycles. The van der Waals surface area contributed by atoms with E-state index in [-0.39, 0.29) is 11.9 Å². The van der Waals surface area contributed by atoms with Gasteiger partial charge in [-0.05, 0) is 39.2 Å². The Morgan fingerprint density at radius 1 is 1.38 bits per heavy atom. The molecule has 0 spiro atoms. The van der Waals surface area contributed by atoms with Gasteiger partial charge in [-0.3, -0.25) is 9.48 Å². The van der Waals surface area contributed by atoms with Crippen molar-refractivity contribution in [3.63, 3.8) is 0 Å². The van der Waals surface area contributed by atoms with E-state index < -0.39 is 0 Å². The van der Waals surface area contributed by atoms with Crippen molar-refractivity contribution in [1.29, 1.82) is 0 Å². The van der Waals surface area contributed by atoms with Gasteiger partial charge >= 0.3 is 0 Å². The lowest BCUT2D eigenvalue weighted by molar-refractivity contribution is 0.0677. The van der Waals surface area contributed by atoms with Crippen molar-refractivity contribution in [2.75, 3.05) is 13.1 Å². The summed E-state index contributed by atoms with van der Waals surface area (Å²) in [4.78, 5) is 19.8. The number of carbonyl (C=O) groups excluding carboxylic acids is 1. The molecule has 1 atom stereocenters. The van der Waals surface area contributed by atoms with Crippen molar-refractivity contribution in [3.05, 3.63) is 33.5 Å². The van der Waals surface area contributed by atoms with Crippen LogP contribution in [0.2, 0.25) is 0 Å². The van der Waals surface area contributed by atoms with Crippen molar-refractivity contribution in [2.24, 2.45) is 0 Å². The summed E-state index contributed by atoms with van der Waals surface area (Å²) in [6.45, 7) is 7.45. The molecule has 0 bridgehead atoms. The molecule has 1 amide bonds. The normalized spacial score (nSPS) is 19.0. The van der Waals surface area contributed by atoms with Gasteiger partial charge < -0.3 is 4.90 Å². The smallest absolute Gasteiger partial charge is 0.265 e. The third-order valence-electron chi connectivity index (χ3n) is 3.89. The first kappa shape index (κ1) is 14.3. The van der Waals surface area contributed by atoms with E-state index in [1.807, 2.05) is 36.5 Å². The van der Waals surface area contributed by atoms with Crippen molar-refractivity contribution < 1.29 is 4.79 Å². The van der Waals surface area contributed by atoms with Gasteiger partial charge in [0.2, 0.25) is 0 Å². The summed E-state index contributed by atoms with van der Waals surface area (Å²) in [5, 5.41) is 5.35. The van der Waals surface area contributed by atoms with Crippen LogP contribution in [0.4, 0.5) is 0 Å².